The molecule has 1 amide bonds. The van der Waals surface area contributed by atoms with Crippen molar-refractivity contribution in [3.8, 4) is 0 Å². The Morgan fingerprint density at radius 3 is 2.76 bits per heavy atom. The van der Waals surface area contributed by atoms with Crippen molar-refractivity contribution >= 4 is 29.2 Å². The number of nitrogens with zero attached hydrogens (tertiary/aromatic N) is 1. The predicted octanol–water partition coefficient (Wildman–Crippen LogP) is 2.60. The second kappa shape index (κ2) is 6.41. The molecule has 1 aromatic heterocycles. The van der Waals surface area contributed by atoms with E-state index in [1.54, 1.807) is 13.0 Å². The number of benzene rings is 1. The van der Waals surface area contributed by atoms with Crippen molar-refractivity contribution in [2.75, 3.05) is 12.4 Å². The summed E-state index contributed by atoms with van der Waals surface area (Å²) < 4.78 is 9.50. The average Bonchev–Trinajstić information content (AvgIpc) is 2.85. The van der Waals surface area contributed by atoms with Crippen molar-refractivity contribution in [1.29, 1.82) is 0 Å². The molecule has 0 saturated carbocycles. The first-order chi connectivity index (χ1) is 9.99. The molecule has 0 radical (unpaired) electrons. The summed E-state index contributed by atoms with van der Waals surface area (Å²) in [6, 6.07) is 6.17. The van der Waals surface area contributed by atoms with Gasteiger partial charge in [0.1, 0.15) is 5.76 Å². The lowest BCUT2D eigenvalue weighted by Gasteiger charge is -2.08. The highest BCUT2D eigenvalue weighted by atomic mass is 35.5. The van der Waals surface area contributed by atoms with Crippen LogP contribution < -0.4 is 5.32 Å². The molecule has 0 unspecified atom stereocenters. The number of rotatable bonds is 4. The Kier molecular flexibility index (Phi) is 4.59. The zero-order valence-corrected chi connectivity index (χ0v) is 12.2. The van der Waals surface area contributed by atoms with Gasteiger partial charge in [-0.1, -0.05) is 16.8 Å². The van der Waals surface area contributed by atoms with Crippen molar-refractivity contribution in [3.63, 3.8) is 0 Å². The van der Waals surface area contributed by atoms with Gasteiger partial charge in [-0.15, -0.1) is 0 Å². The number of aromatic nitrogens is 1. The lowest BCUT2D eigenvalue weighted by atomic mass is 10.2. The van der Waals surface area contributed by atoms with Crippen LogP contribution in [-0.4, -0.2) is 24.1 Å². The topological polar surface area (TPSA) is 81.4 Å². The van der Waals surface area contributed by atoms with Crippen LogP contribution in [0.3, 0.4) is 0 Å². The number of carbonyl (C=O) groups is 2. The fourth-order valence-electron chi connectivity index (χ4n) is 1.73. The fraction of sp³-hybridized carbons (Fsp3) is 0.214. The molecule has 2 aromatic rings. The molecule has 0 aliphatic heterocycles. The van der Waals surface area contributed by atoms with E-state index in [0.29, 0.717) is 27.7 Å². The minimum absolute atomic E-state index is 0.0517. The van der Waals surface area contributed by atoms with Crippen LogP contribution in [0.2, 0.25) is 5.02 Å². The second-order valence-corrected chi connectivity index (χ2v) is 4.75. The van der Waals surface area contributed by atoms with Gasteiger partial charge in [-0.2, -0.15) is 0 Å². The lowest BCUT2D eigenvalue weighted by Crippen LogP contribution is -2.15. The Labute approximate surface area is 126 Å². The van der Waals surface area contributed by atoms with Gasteiger partial charge < -0.3 is 14.6 Å². The number of methoxy groups -OCH3 is 1. The largest absolute Gasteiger partial charge is 0.465 e. The molecule has 0 atom stereocenters. The maximum absolute atomic E-state index is 11.9. The van der Waals surface area contributed by atoms with Crippen LogP contribution in [-0.2, 0) is 16.0 Å². The first kappa shape index (κ1) is 15.1. The summed E-state index contributed by atoms with van der Waals surface area (Å²) in [5.74, 6) is -0.190. The molecule has 21 heavy (non-hydrogen) atoms. The first-order valence-electron chi connectivity index (χ1n) is 6.09. The number of amides is 1. The Morgan fingerprint density at radius 1 is 1.38 bits per heavy atom. The molecular formula is C14H13ClN2O4. The Hall–Kier alpha value is -2.34. The van der Waals surface area contributed by atoms with Crippen molar-refractivity contribution < 1.29 is 18.8 Å². The normalized spacial score (nSPS) is 10.2. The lowest BCUT2D eigenvalue weighted by molar-refractivity contribution is -0.115. The molecule has 0 spiro atoms. The SMILES string of the molecule is COC(=O)c1ccc(Cl)c(NC(=O)Cc2cc(C)on2)c1. The van der Waals surface area contributed by atoms with E-state index in [2.05, 4.69) is 15.2 Å². The molecular weight excluding hydrogens is 296 g/mol. The third-order valence-corrected chi connectivity index (χ3v) is 3.01. The highest BCUT2D eigenvalue weighted by molar-refractivity contribution is 6.33. The van der Waals surface area contributed by atoms with Gasteiger partial charge in [-0.25, -0.2) is 4.79 Å². The number of esters is 1. The molecule has 1 N–H and O–H groups in total. The van der Waals surface area contributed by atoms with Crippen LogP contribution >= 0.6 is 11.6 Å². The maximum Gasteiger partial charge on any atom is 0.337 e. The van der Waals surface area contributed by atoms with Gasteiger partial charge in [0.25, 0.3) is 0 Å². The van der Waals surface area contributed by atoms with E-state index in [4.69, 9.17) is 16.1 Å². The molecule has 110 valence electrons. The van der Waals surface area contributed by atoms with Crippen LogP contribution in [0.4, 0.5) is 5.69 Å². The molecule has 0 aliphatic carbocycles. The molecule has 1 heterocycles. The van der Waals surface area contributed by atoms with Crippen LogP contribution in [0.15, 0.2) is 28.8 Å². The number of nitrogens with one attached hydrogen (secondary N) is 1. The molecule has 7 heteroatoms. The van der Waals surface area contributed by atoms with Gasteiger partial charge >= 0.3 is 5.97 Å². The van der Waals surface area contributed by atoms with Crippen LogP contribution in [0.5, 0.6) is 0 Å². The molecule has 0 bridgehead atoms. The van der Waals surface area contributed by atoms with Gasteiger partial charge in [0.15, 0.2) is 0 Å². The van der Waals surface area contributed by atoms with Gasteiger partial charge in [0.05, 0.1) is 35.5 Å². The fourth-order valence-corrected chi connectivity index (χ4v) is 1.89. The van der Waals surface area contributed by atoms with E-state index in [9.17, 15) is 9.59 Å². The number of anilines is 1. The van der Waals surface area contributed by atoms with E-state index < -0.39 is 5.97 Å². The van der Waals surface area contributed by atoms with E-state index in [-0.39, 0.29) is 12.3 Å². The van der Waals surface area contributed by atoms with E-state index in [1.807, 2.05) is 0 Å². The quantitative estimate of drug-likeness (QED) is 0.878. The van der Waals surface area contributed by atoms with Crippen LogP contribution in [0.25, 0.3) is 0 Å². The molecule has 0 fully saturated rings. The van der Waals surface area contributed by atoms with Crippen LogP contribution in [0.1, 0.15) is 21.8 Å². The van der Waals surface area contributed by atoms with Gasteiger partial charge in [-0.05, 0) is 25.1 Å². The average molecular weight is 309 g/mol. The summed E-state index contributed by atoms with van der Waals surface area (Å²) in [6.45, 7) is 1.74. The molecule has 6 nitrogen and oxygen atoms in total. The number of hydrogen-bond acceptors (Lipinski definition) is 5. The highest BCUT2D eigenvalue weighted by Gasteiger charge is 2.13. The molecule has 1 aromatic carbocycles. The smallest absolute Gasteiger partial charge is 0.337 e. The van der Waals surface area contributed by atoms with Gasteiger partial charge in [-0.3, -0.25) is 4.79 Å². The summed E-state index contributed by atoms with van der Waals surface area (Å²) in [6.07, 6.45) is 0.0517. The van der Waals surface area contributed by atoms with Crippen molar-refractivity contribution in [2.24, 2.45) is 0 Å². The monoisotopic (exact) mass is 308 g/mol. The summed E-state index contributed by atoms with van der Waals surface area (Å²) in [7, 11) is 1.28. The minimum Gasteiger partial charge on any atom is -0.465 e. The standard InChI is InChI=1S/C14H13ClN2O4/c1-8-5-10(17-21-8)7-13(18)16-12-6-9(14(19)20-2)3-4-11(12)15/h3-6H,7H2,1-2H3,(H,16,18). The third kappa shape index (κ3) is 3.82. The summed E-state index contributed by atoms with van der Waals surface area (Å²) in [5, 5.41) is 6.69. The van der Waals surface area contributed by atoms with E-state index in [0.717, 1.165) is 0 Å². The summed E-state index contributed by atoms with van der Waals surface area (Å²) >= 11 is 5.99. The number of aryl methyl sites for hydroxylation is 1. The maximum atomic E-state index is 11.9. The Balaban J connectivity index is 2.11. The zero-order chi connectivity index (χ0) is 15.4. The highest BCUT2D eigenvalue weighted by Crippen LogP contribution is 2.23. The van der Waals surface area contributed by atoms with Crippen LogP contribution in [0, 0.1) is 6.92 Å². The molecule has 0 saturated heterocycles. The third-order valence-electron chi connectivity index (χ3n) is 2.68. The first-order valence-corrected chi connectivity index (χ1v) is 6.47. The zero-order valence-electron chi connectivity index (χ0n) is 11.5. The van der Waals surface area contributed by atoms with Crippen molar-refractivity contribution in [1.82, 2.24) is 5.16 Å². The van der Waals surface area contributed by atoms with E-state index >= 15 is 0 Å². The predicted molar refractivity (Wildman–Crippen MR) is 76.4 cm³/mol. The minimum atomic E-state index is -0.505. The Morgan fingerprint density at radius 2 is 2.14 bits per heavy atom. The van der Waals surface area contributed by atoms with Crippen molar-refractivity contribution in [3.05, 3.63) is 46.3 Å². The summed E-state index contributed by atoms with van der Waals surface area (Å²) in [5.41, 5.74) is 1.16. The van der Waals surface area contributed by atoms with E-state index in [1.165, 1.54) is 25.3 Å². The second-order valence-electron chi connectivity index (χ2n) is 4.34. The molecule has 2 rings (SSSR count). The summed E-state index contributed by atoms with van der Waals surface area (Å²) in [4.78, 5) is 23.4. The molecule has 0 aliphatic rings. The van der Waals surface area contributed by atoms with Gasteiger partial charge in [0.2, 0.25) is 5.91 Å². The number of carbonyl (C=O) groups excluding carboxylic acids is 2. The number of halogens is 1. The van der Waals surface area contributed by atoms with Gasteiger partial charge in [0, 0.05) is 6.07 Å². The number of ether oxygens (including phenoxy) is 1. The van der Waals surface area contributed by atoms with Crippen molar-refractivity contribution in [2.45, 2.75) is 13.3 Å². The Bertz CT molecular complexity index is 681. The number of hydrogen-bond donors (Lipinski definition) is 1.